The van der Waals surface area contributed by atoms with E-state index in [2.05, 4.69) is 11.6 Å². The molecule has 0 aromatic carbocycles. The number of thioether (sulfide) groups is 1. The van der Waals surface area contributed by atoms with Gasteiger partial charge in [0, 0.05) is 18.3 Å². The van der Waals surface area contributed by atoms with Crippen molar-refractivity contribution in [3.8, 4) is 0 Å². The molecule has 0 aromatic rings. The summed E-state index contributed by atoms with van der Waals surface area (Å²) in [7, 11) is 0. The molecule has 0 atom stereocenters. The Balaban J connectivity index is 2.15. The SMILES string of the molecule is CCOC(=O)C1CCC(NCCSC)CC1. The van der Waals surface area contributed by atoms with Crippen molar-refractivity contribution in [1.29, 1.82) is 0 Å². The van der Waals surface area contributed by atoms with Gasteiger partial charge in [-0.1, -0.05) is 0 Å². The summed E-state index contributed by atoms with van der Waals surface area (Å²) in [6.45, 7) is 3.45. The summed E-state index contributed by atoms with van der Waals surface area (Å²) in [5.74, 6) is 1.32. The number of carbonyl (C=O) groups excluding carboxylic acids is 1. The minimum Gasteiger partial charge on any atom is -0.466 e. The first-order valence-corrected chi connectivity index (χ1v) is 7.56. The van der Waals surface area contributed by atoms with Gasteiger partial charge in [-0.05, 0) is 38.9 Å². The van der Waals surface area contributed by atoms with Crippen LogP contribution in [0.3, 0.4) is 0 Å². The molecule has 0 radical (unpaired) electrons. The highest BCUT2D eigenvalue weighted by molar-refractivity contribution is 7.98. The van der Waals surface area contributed by atoms with Gasteiger partial charge in [0.25, 0.3) is 0 Å². The van der Waals surface area contributed by atoms with Gasteiger partial charge in [0.15, 0.2) is 0 Å². The topological polar surface area (TPSA) is 38.3 Å². The van der Waals surface area contributed by atoms with Crippen LogP contribution >= 0.6 is 11.8 Å². The molecule has 4 heteroatoms. The molecule has 3 nitrogen and oxygen atoms in total. The van der Waals surface area contributed by atoms with Crippen molar-refractivity contribution in [2.24, 2.45) is 5.92 Å². The summed E-state index contributed by atoms with van der Waals surface area (Å²) < 4.78 is 5.05. The second kappa shape index (κ2) is 7.96. The van der Waals surface area contributed by atoms with Crippen molar-refractivity contribution in [3.05, 3.63) is 0 Å². The van der Waals surface area contributed by atoms with E-state index in [1.54, 1.807) is 0 Å². The predicted molar refractivity (Wildman–Crippen MR) is 68.8 cm³/mol. The molecular formula is C12H23NO2S. The second-order valence-corrected chi connectivity index (χ2v) is 5.23. The van der Waals surface area contributed by atoms with Crippen LogP contribution in [0.25, 0.3) is 0 Å². The summed E-state index contributed by atoms with van der Waals surface area (Å²) in [5.41, 5.74) is 0. The van der Waals surface area contributed by atoms with Gasteiger partial charge in [0.05, 0.1) is 12.5 Å². The third-order valence-corrected chi connectivity index (χ3v) is 3.70. The van der Waals surface area contributed by atoms with Crippen LogP contribution in [0.1, 0.15) is 32.6 Å². The lowest BCUT2D eigenvalue weighted by Gasteiger charge is -2.27. The van der Waals surface area contributed by atoms with E-state index in [1.807, 2.05) is 18.7 Å². The molecule has 0 unspecified atom stereocenters. The molecule has 1 aliphatic rings. The minimum absolute atomic E-state index is 0.00469. The lowest BCUT2D eigenvalue weighted by molar-refractivity contribution is -0.149. The maximum absolute atomic E-state index is 11.5. The minimum atomic E-state index is 0.00469. The van der Waals surface area contributed by atoms with Crippen molar-refractivity contribution >= 4 is 17.7 Å². The highest BCUT2D eigenvalue weighted by atomic mass is 32.2. The van der Waals surface area contributed by atoms with Crippen molar-refractivity contribution in [1.82, 2.24) is 5.32 Å². The third-order valence-electron chi connectivity index (χ3n) is 3.09. The Labute approximate surface area is 103 Å². The Morgan fingerprint density at radius 3 is 2.62 bits per heavy atom. The van der Waals surface area contributed by atoms with Crippen molar-refractivity contribution in [2.75, 3.05) is 25.2 Å². The average Bonchev–Trinajstić information content (AvgIpc) is 2.30. The number of hydrogen-bond donors (Lipinski definition) is 1. The number of hydrogen-bond acceptors (Lipinski definition) is 4. The van der Waals surface area contributed by atoms with Crippen LogP contribution < -0.4 is 5.32 Å². The van der Waals surface area contributed by atoms with Crippen LogP contribution in [-0.2, 0) is 9.53 Å². The zero-order valence-corrected chi connectivity index (χ0v) is 11.1. The Bertz CT molecular complexity index is 203. The lowest BCUT2D eigenvalue weighted by Crippen LogP contribution is -2.36. The number of ether oxygens (including phenoxy) is 1. The van der Waals surface area contributed by atoms with Gasteiger partial charge in [0.2, 0.25) is 0 Å². The highest BCUT2D eigenvalue weighted by Crippen LogP contribution is 2.25. The summed E-state index contributed by atoms with van der Waals surface area (Å²) in [6, 6.07) is 0.609. The van der Waals surface area contributed by atoms with E-state index >= 15 is 0 Å². The highest BCUT2D eigenvalue weighted by Gasteiger charge is 2.26. The Kier molecular flexibility index (Phi) is 6.88. The van der Waals surface area contributed by atoms with E-state index in [0.717, 1.165) is 38.0 Å². The van der Waals surface area contributed by atoms with E-state index in [-0.39, 0.29) is 11.9 Å². The monoisotopic (exact) mass is 245 g/mol. The van der Waals surface area contributed by atoms with Gasteiger partial charge >= 0.3 is 5.97 Å². The molecule has 1 fully saturated rings. The molecule has 0 amide bonds. The van der Waals surface area contributed by atoms with Gasteiger partial charge in [0.1, 0.15) is 0 Å². The molecule has 0 aliphatic heterocycles. The lowest BCUT2D eigenvalue weighted by atomic mass is 9.86. The standard InChI is InChI=1S/C12H23NO2S/c1-3-15-12(14)10-4-6-11(7-5-10)13-8-9-16-2/h10-11,13H,3-9H2,1-2H3. The number of nitrogens with one attached hydrogen (secondary N) is 1. The van der Waals surface area contributed by atoms with E-state index in [1.165, 1.54) is 0 Å². The van der Waals surface area contributed by atoms with Crippen LogP contribution in [-0.4, -0.2) is 37.2 Å². The second-order valence-electron chi connectivity index (χ2n) is 4.25. The number of esters is 1. The molecule has 0 aromatic heterocycles. The first-order valence-electron chi connectivity index (χ1n) is 6.16. The van der Waals surface area contributed by atoms with E-state index < -0.39 is 0 Å². The van der Waals surface area contributed by atoms with E-state index in [4.69, 9.17) is 4.74 Å². The van der Waals surface area contributed by atoms with Gasteiger partial charge in [-0.25, -0.2) is 0 Å². The van der Waals surface area contributed by atoms with Gasteiger partial charge in [-0.2, -0.15) is 11.8 Å². The van der Waals surface area contributed by atoms with Crippen LogP contribution in [0, 0.1) is 5.92 Å². The van der Waals surface area contributed by atoms with Crippen LogP contribution in [0.5, 0.6) is 0 Å². The molecule has 1 rings (SSSR count). The fraction of sp³-hybridized carbons (Fsp3) is 0.917. The molecule has 0 bridgehead atoms. The average molecular weight is 245 g/mol. The quantitative estimate of drug-likeness (QED) is 0.574. The Morgan fingerprint density at radius 1 is 1.38 bits per heavy atom. The number of rotatable bonds is 6. The van der Waals surface area contributed by atoms with E-state index in [9.17, 15) is 4.79 Å². The maximum atomic E-state index is 11.5. The zero-order chi connectivity index (χ0) is 11.8. The zero-order valence-electron chi connectivity index (χ0n) is 10.3. The predicted octanol–water partition coefficient (Wildman–Crippen LogP) is 2.06. The fourth-order valence-electron chi connectivity index (χ4n) is 2.16. The normalized spacial score (nSPS) is 25.4. The molecular weight excluding hydrogens is 222 g/mol. The summed E-state index contributed by atoms with van der Waals surface area (Å²) in [5, 5.41) is 3.54. The number of carbonyl (C=O) groups is 1. The van der Waals surface area contributed by atoms with Gasteiger partial charge in [-0.3, -0.25) is 4.79 Å². The molecule has 94 valence electrons. The van der Waals surface area contributed by atoms with Crippen LogP contribution in [0.15, 0.2) is 0 Å². The largest absolute Gasteiger partial charge is 0.466 e. The van der Waals surface area contributed by atoms with Crippen molar-refractivity contribution in [2.45, 2.75) is 38.6 Å². The third kappa shape index (κ3) is 4.74. The molecule has 0 spiro atoms. The molecule has 16 heavy (non-hydrogen) atoms. The Morgan fingerprint density at radius 2 is 2.06 bits per heavy atom. The van der Waals surface area contributed by atoms with Gasteiger partial charge < -0.3 is 10.1 Å². The van der Waals surface area contributed by atoms with Crippen LogP contribution in [0.2, 0.25) is 0 Å². The van der Waals surface area contributed by atoms with Crippen LogP contribution in [0.4, 0.5) is 0 Å². The van der Waals surface area contributed by atoms with E-state index in [0.29, 0.717) is 12.6 Å². The molecule has 1 saturated carbocycles. The molecule has 0 saturated heterocycles. The smallest absolute Gasteiger partial charge is 0.308 e. The fourth-order valence-corrected chi connectivity index (χ4v) is 2.48. The first-order chi connectivity index (χ1) is 7.77. The summed E-state index contributed by atoms with van der Waals surface area (Å²) in [6.07, 6.45) is 6.31. The summed E-state index contributed by atoms with van der Waals surface area (Å²) in [4.78, 5) is 11.5. The molecule has 1 aliphatic carbocycles. The summed E-state index contributed by atoms with van der Waals surface area (Å²) >= 11 is 1.87. The van der Waals surface area contributed by atoms with Gasteiger partial charge in [-0.15, -0.1) is 0 Å². The van der Waals surface area contributed by atoms with Crippen molar-refractivity contribution < 1.29 is 9.53 Å². The maximum Gasteiger partial charge on any atom is 0.308 e. The van der Waals surface area contributed by atoms with Crippen molar-refractivity contribution in [3.63, 3.8) is 0 Å². The molecule has 0 heterocycles. The Hall–Kier alpha value is -0.220. The first kappa shape index (κ1) is 13.8. The molecule has 1 N–H and O–H groups in total.